The smallest absolute Gasteiger partial charge is 0.306 e. The molecule has 0 aromatic heterocycles. The van der Waals surface area contributed by atoms with E-state index in [4.69, 9.17) is 22.8 Å². The summed E-state index contributed by atoms with van der Waals surface area (Å²) in [7, 11) is -6.08. The van der Waals surface area contributed by atoms with Crippen molar-refractivity contribution in [3.8, 4) is 0 Å². The van der Waals surface area contributed by atoms with Crippen molar-refractivity contribution in [2.45, 2.75) is 213 Å². The third kappa shape index (κ3) is 21.7. The number of carbonyl (C=O) groups is 2. The van der Waals surface area contributed by atoms with E-state index in [1.165, 1.54) is 0 Å². The first-order valence-corrected chi connectivity index (χ1v) is 32.6. The standard InChI is InChI=1S/C51H91NO7Si3/c1-49(2,3)60(10,11)57-38-28-37-52(39-45(58-61(12,13)50(4,5)6)33-24-18-26-35-47(53)55-41-43-29-20-16-21-30-43)40-46(59-62(14,15)51(7,8)9)34-25-19-27-36-48(54)56-42-44-31-22-17-23-32-44/h16-17,20-23,29-32,45-46H,18-19,24-28,33-42H2,1-15H3. The van der Waals surface area contributed by atoms with Crippen molar-refractivity contribution in [3.05, 3.63) is 71.8 Å². The summed E-state index contributed by atoms with van der Waals surface area (Å²) in [5, 5.41) is 0.323. The highest BCUT2D eigenvalue weighted by molar-refractivity contribution is 6.75. The largest absolute Gasteiger partial charge is 0.461 e. The highest BCUT2D eigenvalue weighted by Gasteiger charge is 2.41. The van der Waals surface area contributed by atoms with Gasteiger partial charge in [-0.3, -0.25) is 14.5 Å². The monoisotopic (exact) mass is 914 g/mol. The summed E-state index contributed by atoms with van der Waals surface area (Å²) in [4.78, 5) is 27.8. The number of ether oxygens (including phenoxy) is 2. The van der Waals surface area contributed by atoms with E-state index >= 15 is 0 Å². The van der Waals surface area contributed by atoms with E-state index in [0.717, 1.165) is 95.2 Å². The van der Waals surface area contributed by atoms with Gasteiger partial charge in [0.05, 0.1) is 12.2 Å². The van der Waals surface area contributed by atoms with Crippen LogP contribution in [0.25, 0.3) is 0 Å². The summed E-state index contributed by atoms with van der Waals surface area (Å²) in [6, 6.07) is 19.7. The molecule has 0 amide bonds. The van der Waals surface area contributed by atoms with Crippen molar-refractivity contribution in [3.63, 3.8) is 0 Å². The van der Waals surface area contributed by atoms with Crippen LogP contribution in [0.5, 0.6) is 0 Å². The van der Waals surface area contributed by atoms with Gasteiger partial charge < -0.3 is 22.8 Å². The Kier molecular flexibility index (Phi) is 23.6. The number of carbonyl (C=O) groups excluding carboxylic acids is 2. The van der Waals surface area contributed by atoms with Crippen molar-refractivity contribution < 1.29 is 32.3 Å². The van der Waals surface area contributed by atoms with E-state index in [9.17, 15) is 9.59 Å². The third-order valence-electron chi connectivity index (χ3n) is 13.6. The lowest BCUT2D eigenvalue weighted by Gasteiger charge is -2.43. The molecule has 0 saturated carbocycles. The predicted octanol–water partition coefficient (Wildman–Crippen LogP) is 13.9. The molecule has 8 nitrogen and oxygen atoms in total. The molecule has 0 bridgehead atoms. The van der Waals surface area contributed by atoms with Gasteiger partial charge in [-0.1, -0.05) is 149 Å². The summed E-state index contributed by atoms with van der Waals surface area (Å²) < 4.78 is 32.4. The zero-order valence-corrected chi connectivity index (χ0v) is 45.3. The molecule has 0 spiro atoms. The molecule has 0 aliphatic rings. The van der Waals surface area contributed by atoms with Gasteiger partial charge in [0, 0.05) is 39.1 Å². The number of benzene rings is 2. The Hall–Kier alpha value is -2.13. The average Bonchev–Trinajstić information content (AvgIpc) is 3.16. The molecule has 62 heavy (non-hydrogen) atoms. The fourth-order valence-electron chi connectivity index (χ4n) is 6.48. The van der Waals surface area contributed by atoms with Gasteiger partial charge in [0.1, 0.15) is 13.2 Å². The molecule has 2 aromatic rings. The molecule has 2 unspecified atom stereocenters. The molecule has 354 valence electrons. The van der Waals surface area contributed by atoms with Crippen LogP contribution in [0.15, 0.2) is 60.7 Å². The van der Waals surface area contributed by atoms with Gasteiger partial charge in [-0.05, 0) is 97.6 Å². The molecular weight excluding hydrogens is 823 g/mol. The van der Waals surface area contributed by atoms with Gasteiger partial charge >= 0.3 is 11.9 Å². The van der Waals surface area contributed by atoms with E-state index in [0.29, 0.717) is 26.1 Å². The van der Waals surface area contributed by atoms with Crippen LogP contribution in [0.2, 0.25) is 54.4 Å². The average molecular weight is 915 g/mol. The summed E-state index contributed by atoms with van der Waals surface area (Å²) in [5.74, 6) is -0.269. The lowest BCUT2D eigenvalue weighted by molar-refractivity contribution is -0.146. The molecular formula is C51H91NO7Si3. The maximum Gasteiger partial charge on any atom is 0.306 e. The van der Waals surface area contributed by atoms with Gasteiger partial charge in [0.2, 0.25) is 0 Å². The van der Waals surface area contributed by atoms with Crippen LogP contribution in [-0.2, 0) is 45.6 Å². The summed E-state index contributed by atoms with van der Waals surface area (Å²) in [6.07, 6.45) is 9.33. The van der Waals surface area contributed by atoms with Crippen LogP contribution in [0.1, 0.15) is 144 Å². The van der Waals surface area contributed by atoms with Gasteiger partial charge in [-0.25, -0.2) is 0 Å². The van der Waals surface area contributed by atoms with Crippen LogP contribution in [0.4, 0.5) is 0 Å². The maximum absolute atomic E-state index is 12.6. The second-order valence-electron chi connectivity index (χ2n) is 22.2. The van der Waals surface area contributed by atoms with E-state index in [1.807, 2.05) is 60.7 Å². The minimum atomic E-state index is -2.10. The normalized spacial score (nSPS) is 14.2. The second-order valence-corrected chi connectivity index (χ2v) is 36.5. The van der Waals surface area contributed by atoms with E-state index < -0.39 is 25.0 Å². The molecule has 2 rings (SSSR count). The molecule has 0 fully saturated rings. The number of esters is 2. The van der Waals surface area contributed by atoms with Crippen LogP contribution < -0.4 is 0 Å². The van der Waals surface area contributed by atoms with E-state index in [1.54, 1.807) is 0 Å². The Bertz CT molecular complexity index is 1450. The van der Waals surface area contributed by atoms with Crippen molar-refractivity contribution in [2.24, 2.45) is 0 Å². The molecule has 0 heterocycles. The molecule has 2 aromatic carbocycles. The Labute approximate surface area is 383 Å². The Morgan fingerprint density at radius 1 is 0.516 bits per heavy atom. The second kappa shape index (κ2) is 26.1. The van der Waals surface area contributed by atoms with Gasteiger partial charge in [0.15, 0.2) is 25.0 Å². The Balaban J connectivity index is 2.22. The molecule has 11 heteroatoms. The zero-order valence-electron chi connectivity index (χ0n) is 42.3. The highest BCUT2D eigenvalue weighted by Crippen LogP contribution is 2.40. The number of hydrogen-bond donors (Lipinski definition) is 0. The van der Waals surface area contributed by atoms with Crippen molar-refractivity contribution >= 4 is 36.9 Å². The Morgan fingerprint density at radius 2 is 0.887 bits per heavy atom. The van der Waals surface area contributed by atoms with Crippen LogP contribution in [0, 0.1) is 0 Å². The van der Waals surface area contributed by atoms with Crippen molar-refractivity contribution in [2.75, 3.05) is 26.2 Å². The Morgan fingerprint density at radius 3 is 1.24 bits per heavy atom. The summed E-state index contributed by atoms with van der Waals surface area (Å²) >= 11 is 0. The molecule has 0 radical (unpaired) electrons. The van der Waals surface area contributed by atoms with Crippen molar-refractivity contribution in [1.82, 2.24) is 4.90 Å². The van der Waals surface area contributed by atoms with Crippen LogP contribution in [0.3, 0.4) is 0 Å². The number of nitrogens with zero attached hydrogens (tertiary/aromatic N) is 1. The first-order chi connectivity index (χ1) is 28.7. The van der Waals surface area contributed by atoms with Crippen molar-refractivity contribution in [1.29, 1.82) is 0 Å². The minimum absolute atomic E-state index is 0.0673. The molecule has 0 aliphatic heterocycles. The molecule has 0 aliphatic carbocycles. The predicted molar refractivity (Wildman–Crippen MR) is 267 cm³/mol. The summed E-state index contributed by atoms with van der Waals surface area (Å²) in [6.45, 7) is 38.9. The molecule has 0 N–H and O–H groups in total. The van der Waals surface area contributed by atoms with Gasteiger partial charge in [-0.2, -0.15) is 0 Å². The van der Waals surface area contributed by atoms with Gasteiger partial charge in [0.25, 0.3) is 0 Å². The topological polar surface area (TPSA) is 83.5 Å². The highest BCUT2D eigenvalue weighted by atomic mass is 28.4. The summed E-state index contributed by atoms with van der Waals surface area (Å²) in [5.41, 5.74) is 2.02. The lowest BCUT2D eigenvalue weighted by atomic mass is 10.1. The maximum atomic E-state index is 12.6. The number of hydrogen-bond acceptors (Lipinski definition) is 8. The van der Waals surface area contributed by atoms with Crippen LogP contribution in [-0.4, -0.2) is 80.2 Å². The third-order valence-corrected chi connectivity index (χ3v) is 27.3. The zero-order chi connectivity index (χ0) is 46.7. The first-order valence-electron chi connectivity index (χ1n) is 23.8. The number of unbranched alkanes of at least 4 members (excludes halogenated alkanes) is 4. The minimum Gasteiger partial charge on any atom is -0.461 e. The van der Waals surface area contributed by atoms with E-state index in [2.05, 4.69) is 106 Å². The SMILES string of the molecule is CC(C)(C)[Si](C)(C)OCCCN(CC(CCCCCC(=O)OCc1ccccc1)O[Si](C)(C)C(C)(C)C)CC(CCCCCC(=O)OCc1ccccc1)O[Si](C)(C)C(C)(C)C. The molecule has 0 saturated heterocycles. The first kappa shape index (κ1) is 56.0. The fraction of sp³-hybridized carbons (Fsp3) is 0.725. The number of rotatable bonds is 29. The fourth-order valence-corrected chi connectivity index (χ4v) is 10.3. The van der Waals surface area contributed by atoms with Crippen LogP contribution >= 0.6 is 0 Å². The quantitative estimate of drug-likeness (QED) is 0.0453. The molecule has 2 atom stereocenters. The van der Waals surface area contributed by atoms with Gasteiger partial charge in [-0.15, -0.1) is 0 Å². The lowest BCUT2D eigenvalue weighted by Crippen LogP contribution is -2.50. The van der Waals surface area contributed by atoms with E-state index in [-0.39, 0.29) is 39.3 Å².